The van der Waals surface area contributed by atoms with Crippen LogP contribution in [0.4, 0.5) is 0 Å². The number of sulfonamides is 1. The van der Waals surface area contributed by atoms with Crippen molar-refractivity contribution in [1.29, 1.82) is 0 Å². The van der Waals surface area contributed by atoms with Crippen LogP contribution in [0, 0.1) is 0 Å². The monoisotopic (exact) mass is 364 g/mol. The molecule has 1 aromatic carbocycles. The highest BCUT2D eigenvalue weighted by Crippen LogP contribution is 2.27. The predicted molar refractivity (Wildman–Crippen MR) is 83.7 cm³/mol. The van der Waals surface area contributed by atoms with Crippen LogP contribution in [0.3, 0.4) is 0 Å². The molecule has 0 fully saturated rings. The molecule has 1 rings (SSSR count). The summed E-state index contributed by atoms with van der Waals surface area (Å²) in [5.41, 5.74) is 0. The van der Waals surface area contributed by atoms with Crippen LogP contribution in [0.25, 0.3) is 0 Å². The topological polar surface area (TPSA) is 67.4 Å². The third-order valence-electron chi connectivity index (χ3n) is 2.57. The Morgan fingerprint density at radius 2 is 2.00 bits per heavy atom. The molecule has 0 saturated heterocycles. The van der Waals surface area contributed by atoms with Gasteiger partial charge in [0.1, 0.15) is 10.6 Å². The second-order valence-corrected chi connectivity index (χ2v) is 6.78. The smallest absolute Gasteiger partial charge is 0.244 e. The Bertz CT molecular complexity index is 520. The van der Waals surface area contributed by atoms with Crippen LogP contribution in [-0.2, 0) is 10.0 Å². The molecule has 0 heterocycles. The van der Waals surface area contributed by atoms with Gasteiger partial charge in [0, 0.05) is 11.0 Å². The van der Waals surface area contributed by atoms with Gasteiger partial charge >= 0.3 is 0 Å². The van der Waals surface area contributed by atoms with E-state index < -0.39 is 10.0 Å². The molecule has 114 valence electrons. The van der Waals surface area contributed by atoms with E-state index in [0.29, 0.717) is 23.4 Å². The highest BCUT2D eigenvalue weighted by atomic mass is 79.9. The van der Waals surface area contributed by atoms with Crippen molar-refractivity contribution in [1.82, 2.24) is 10.0 Å². The molecule has 5 nitrogen and oxygen atoms in total. The maximum atomic E-state index is 12.3. The lowest BCUT2D eigenvalue weighted by atomic mass is 10.3. The molecule has 0 aromatic heterocycles. The van der Waals surface area contributed by atoms with Gasteiger partial charge in [0.05, 0.1) is 6.61 Å². The SMILES string of the molecule is CCNCCCNS(=O)(=O)c1cc(Br)ccc1OCC. The molecule has 0 aliphatic heterocycles. The summed E-state index contributed by atoms with van der Waals surface area (Å²) >= 11 is 3.28. The molecule has 0 unspecified atom stereocenters. The fourth-order valence-corrected chi connectivity index (χ4v) is 3.40. The first kappa shape index (κ1) is 17.4. The molecule has 0 atom stereocenters. The molecule has 0 spiro atoms. The van der Waals surface area contributed by atoms with Gasteiger partial charge in [-0.15, -0.1) is 0 Å². The van der Waals surface area contributed by atoms with E-state index in [1.807, 2.05) is 13.8 Å². The summed E-state index contributed by atoms with van der Waals surface area (Å²) in [6.45, 7) is 6.32. The van der Waals surface area contributed by atoms with Crippen LogP contribution >= 0.6 is 15.9 Å². The Morgan fingerprint density at radius 3 is 2.65 bits per heavy atom. The fourth-order valence-electron chi connectivity index (χ4n) is 1.64. The van der Waals surface area contributed by atoms with E-state index in [1.165, 1.54) is 0 Å². The van der Waals surface area contributed by atoms with Crippen LogP contribution in [0.5, 0.6) is 5.75 Å². The number of nitrogens with one attached hydrogen (secondary N) is 2. The van der Waals surface area contributed by atoms with E-state index in [9.17, 15) is 8.42 Å². The number of halogens is 1. The van der Waals surface area contributed by atoms with Gasteiger partial charge in [0.15, 0.2) is 0 Å². The molecular weight excluding hydrogens is 344 g/mol. The molecule has 0 radical (unpaired) electrons. The van der Waals surface area contributed by atoms with Crippen LogP contribution in [0.2, 0.25) is 0 Å². The van der Waals surface area contributed by atoms with E-state index in [1.54, 1.807) is 18.2 Å². The lowest BCUT2D eigenvalue weighted by Gasteiger charge is -2.12. The van der Waals surface area contributed by atoms with Crippen LogP contribution in [0.15, 0.2) is 27.6 Å². The van der Waals surface area contributed by atoms with Gasteiger partial charge in [-0.2, -0.15) is 0 Å². The molecule has 0 saturated carbocycles. The highest BCUT2D eigenvalue weighted by Gasteiger charge is 2.19. The minimum Gasteiger partial charge on any atom is -0.492 e. The number of hydrogen-bond donors (Lipinski definition) is 2. The number of ether oxygens (including phenoxy) is 1. The third kappa shape index (κ3) is 5.40. The van der Waals surface area contributed by atoms with Crippen molar-refractivity contribution in [3.8, 4) is 5.75 Å². The van der Waals surface area contributed by atoms with Gasteiger partial charge in [-0.25, -0.2) is 13.1 Å². The minimum atomic E-state index is -3.56. The second-order valence-electron chi connectivity index (χ2n) is 4.13. The van der Waals surface area contributed by atoms with Gasteiger partial charge in [-0.3, -0.25) is 0 Å². The van der Waals surface area contributed by atoms with Crippen LogP contribution in [0.1, 0.15) is 20.3 Å². The van der Waals surface area contributed by atoms with Crippen molar-refractivity contribution in [3.63, 3.8) is 0 Å². The molecule has 7 heteroatoms. The molecule has 20 heavy (non-hydrogen) atoms. The fraction of sp³-hybridized carbons (Fsp3) is 0.538. The van der Waals surface area contributed by atoms with E-state index in [-0.39, 0.29) is 4.90 Å². The number of rotatable bonds is 9. The average Bonchev–Trinajstić information content (AvgIpc) is 2.40. The van der Waals surface area contributed by atoms with E-state index >= 15 is 0 Å². The van der Waals surface area contributed by atoms with Crippen LogP contribution < -0.4 is 14.8 Å². The Morgan fingerprint density at radius 1 is 1.25 bits per heavy atom. The van der Waals surface area contributed by atoms with Crippen molar-refractivity contribution in [2.24, 2.45) is 0 Å². The highest BCUT2D eigenvalue weighted by molar-refractivity contribution is 9.10. The van der Waals surface area contributed by atoms with Gasteiger partial charge in [0.2, 0.25) is 10.0 Å². The van der Waals surface area contributed by atoms with Gasteiger partial charge in [-0.1, -0.05) is 22.9 Å². The predicted octanol–water partition coefficient (Wildman–Crippen LogP) is 2.13. The Kier molecular flexibility index (Phi) is 7.50. The summed E-state index contributed by atoms with van der Waals surface area (Å²) in [4.78, 5) is 0.164. The van der Waals surface area contributed by atoms with Crippen molar-refractivity contribution >= 4 is 26.0 Å². The Labute approximate surface area is 129 Å². The molecule has 0 aliphatic carbocycles. The Hall–Kier alpha value is -0.630. The summed E-state index contributed by atoms with van der Waals surface area (Å²) in [5.74, 6) is 0.370. The molecule has 0 aliphatic rings. The zero-order valence-electron chi connectivity index (χ0n) is 11.8. The Balaban J connectivity index is 2.77. The standard InChI is InChI=1S/C13H21BrN2O3S/c1-3-15-8-5-9-16-20(17,18)13-10-11(14)6-7-12(13)19-4-2/h6-7,10,15-16H,3-5,8-9H2,1-2H3. The molecule has 0 bridgehead atoms. The maximum absolute atomic E-state index is 12.3. The van der Waals surface area contributed by atoms with E-state index in [2.05, 4.69) is 26.0 Å². The first-order valence-electron chi connectivity index (χ1n) is 6.64. The summed E-state index contributed by atoms with van der Waals surface area (Å²) in [5, 5.41) is 3.15. The normalized spacial score (nSPS) is 11.6. The van der Waals surface area contributed by atoms with E-state index in [0.717, 1.165) is 19.5 Å². The van der Waals surface area contributed by atoms with Gasteiger partial charge in [0.25, 0.3) is 0 Å². The first-order valence-corrected chi connectivity index (χ1v) is 8.91. The lowest BCUT2D eigenvalue weighted by Crippen LogP contribution is -2.28. The van der Waals surface area contributed by atoms with Crippen molar-refractivity contribution in [2.75, 3.05) is 26.2 Å². The van der Waals surface area contributed by atoms with Crippen molar-refractivity contribution < 1.29 is 13.2 Å². The molecule has 1 aromatic rings. The zero-order valence-corrected chi connectivity index (χ0v) is 14.2. The summed E-state index contributed by atoms with van der Waals surface area (Å²) < 4.78 is 33.2. The van der Waals surface area contributed by atoms with Gasteiger partial charge < -0.3 is 10.1 Å². The van der Waals surface area contributed by atoms with Crippen molar-refractivity contribution in [3.05, 3.63) is 22.7 Å². The summed E-state index contributed by atoms with van der Waals surface area (Å²) in [7, 11) is -3.56. The summed E-state index contributed by atoms with van der Waals surface area (Å²) in [6.07, 6.45) is 0.741. The minimum absolute atomic E-state index is 0.164. The maximum Gasteiger partial charge on any atom is 0.244 e. The average molecular weight is 365 g/mol. The quantitative estimate of drug-likeness (QED) is 0.658. The molecule has 0 amide bonds. The van der Waals surface area contributed by atoms with Gasteiger partial charge in [-0.05, 0) is 44.6 Å². The lowest BCUT2D eigenvalue weighted by molar-refractivity contribution is 0.331. The molecule has 2 N–H and O–H groups in total. The summed E-state index contributed by atoms with van der Waals surface area (Å²) in [6, 6.07) is 4.97. The third-order valence-corrected chi connectivity index (χ3v) is 4.54. The van der Waals surface area contributed by atoms with Crippen LogP contribution in [-0.4, -0.2) is 34.7 Å². The number of hydrogen-bond acceptors (Lipinski definition) is 4. The van der Waals surface area contributed by atoms with Crippen molar-refractivity contribution in [2.45, 2.75) is 25.2 Å². The zero-order chi connectivity index (χ0) is 15.0. The first-order chi connectivity index (χ1) is 9.51. The largest absolute Gasteiger partial charge is 0.492 e. The molecular formula is C13H21BrN2O3S. The van der Waals surface area contributed by atoms with E-state index in [4.69, 9.17) is 4.74 Å². The second kappa shape index (κ2) is 8.61. The number of benzene rings is 1.